The lowest BCUT2D eigenvalue weighted by molar-refractivity contribution is -0.894. The van der Waals surface area contributed by atoms with Gasteiger partial charge in [-0.2, -0.15) is 0 Å². The van der Waals surface area contributed by atoms with Crippen LogP contribution < -0.4 is 15.0 Å². The molecule has 0 aliphatic heterocycles. The molecular weight excluding hydrogens is 348 g/mol. The number of benzene rings is 2. The lowest BCUT2D eigenvalue weighted by Crippen LogP contribution is -3.14. The summed E-state index contributed by atoms with van der Waals surface area (Å²) in [5.41, 5.74) is 4.30. The highest BCUT2D eigenvalue weighted by molar-refractivity contribution is 6.30. The van der Waals surface area contributed by atoms with Gasteiger partial charge in [0.15, 0.2) is 6.04 Å². The molecule has 4 nitrogen and oxygen atoms in total. The Hall–Kier alpha value is -2.04. The van der Waals surface area contributed by atoms with Gasteiger partial charge in [0.05, 0.1) is 7.05 Å². The van der Waals surface area contributed by atoms with Gasteiger partial charge < -0.3 is 15.0 Å². The summed E-state index contributed by atoms with van der Waals surface area (Å²) < 4.78 is 5.72. The Kier molecular flexibility index (Phi) is 7.06. The third-order valence-corrected chi connectivity index (χ3v) is 4.89. The summed E-state index contributed by atoms with van der Waals surface area (Å²) in [7, 11) is 2.00. The lowest BCUT2D eigenvalue weighted by Gasteiger charge is -2.22. The van der Waals surface area contributed by atoms with Crippen molar-refractivity contribution < 1.29 is 14.4 Å². The number of hydrogen-bond donors (Lipinski definition) is 2. The van der Waals surface area contributed by atoms with Gasteiger partial charge >= 0.3 is 0 Å². The second-order valence-electron chi connectivity index (χ2n) is 6.88. The molecule has 0 saturated heterocycles. The van der Waals surface area contributed by atoms with Crippen LogP contribution in [0.25, 0.3) is 0 Å². The van der Waals surface area contributed by atoms with Gasteiger partial charge in [0.2, 0.25) is 0 Å². The first-order chi connectivity index (χ1) is 12.3. The number of ether oxygens (including phenoxy) is 1. The van der Waals surface area contributed by atoms with E-state index in [0.29, 0.717) is 11.6 Å². The van der Waals surface area contributed by atoms with Crippen LogP contribution in [0.15, 0.2) is 36.4 Å². The highest BCUT2D eigenvalue weighted by atomic mass is 35.5. The molecule has 26 heavy (non-hydrogen) atoms. The van der Waals surface area contributed by atoms with Crippen LogP contribution >= 0.6 is 11.6 Å². The Labute approximate surface area is 161 Å². The zero-order chi connectivity index (χ0) is 19.3. The minimum atomic E-state index is -0.177. The van der Waals surface area contributed by atoms with Gasteiger partial charge in [0, 0.05) is 10.7 Å². The summed E-state index contributed by atoms with van der Waals surface area (Å²) in [5.74, 6) is 0.800. The smallest absolute Gasteiger partial charge is 0.282 e. The Morgan fingerprint density at radius 1 is 1.15 bits per heavy atom. The van der Waals surface area contributed by atoms with Crippen molar-refractivity contribution in [1.82, 2.24) is 0 Å². The molecule has 2 aromatic carbocycles. The standard InChI is InChI=1S/C21H27ClN2O2/c1-14-12-15(2)20(16(3)13-14)23-21(25)17(4)24(5)10-11-26-19-8-6-18(22)7-9-19/h6-9,12-13,17H,10-11H2,1-5H3,(H,23,25)/p+1/t17-/m1/s1. The summed E-state index contributed by atoms with van der Waals surface area (Å²) in [6.45, 7) is 9.31. The van der Waals surface area contributed by atoms with E-state index in [2.05, 4.69) is 24.4 Å². The van der Waals surface area contributed by atoms with Crippen molar-refractivity contribution in [2.24, 2.45) is 0 Å². The molecule has 0 aliphatic rings. The maximum absolute atomic E-state index is 12.6. The molecule has 140 valence electrons. The lowest BCUT2D eigenvalue weighted by atomic mass is 10.0. The maximum atomic E-state index is 12.6. The molecule has 5 heteroatoms. The summed E-state index contributed by atoms with van der Waals surface area (Å²) in [6, 6.07) is 11.3. The number of quaternary nitrogens is 1. The van der Waals surface area contributed by atoms with Crippen molar-refractivity contribution in [2.45, 2.75) is 33.7 Å². The van der Waals surface area contributed by atoms with Crippen molar-refractivity contribution in [2.75, 3.05) is 25.5 Å². The third-order valence-electron chi connectivity index (χ3n) is 4.64. The summed E-state index contributed by atoms with van der Waals surface area (Å²) in [5, 5.41) is 3.77. The number of halogens is 1. The van der Waals surface area contributed by atoms with Crippen LogP contribution in [-0.2, 0) is 4.79 Å². The van der Waals surface area contributed by atoms with Crippen molar-refractivity contribution >= 4 is 23.2 Å². The number of hydrogen-bond acceptors (Lipinski definition) is 2. The monoisotopic (exact) mass is 375 g/mol. The van der Waals surface area contributed by atoms with Crippen LogP contribution in [0.4, 0.5) is 5.69 Å². The molecule has 0 saturated carbocycles. The Morgan fingerprint density at radius 3 is 2.31 bits per heavy atom. The molecule has 2 aromatic rings. The summed E-state index contributed by atoms with van der Waals surface area (Å²) >= 11 is 5.87. The predicted octanol–water partition coefficient (Wildman–Crippen LogP) is 3.19. The van der Waals surface area contributed by atoms with Crippen molar-refractivity contribution in [3.8, 4) is 5.75 Å². The Morgan fingerprint density at radius 2 is 1.73 bits per heavy atom. The van der Waals surface area contributed by atoms with E-state index >= 15 is 0 Å². The minimum absolute atomic E-state index is 0.0176. The third kappa shape index (κ3) is 5.48. The van der Waals surface area contributed by atoms with Gasteiger partial charge in [-0.05, 0) is 63.1 Å². The first-order valence-electron chi connectivity index (χ1n) is 8.87. The molecule has 2 N–H and O–H groups in total. The normalized spacial score (nSPS) is 13.2. The van der Waals surface area contributed by atoms with E-state index in [4.69, 9.17) is 16.3 Å². The topological polar surface area (TPSA) is 42.8 Å². The van der Waals surface area contributed by atoms with E-state index in [9.17, 15) is 4.79 Å². The van der Waals surface area contributed by atoms with Crippen LogP contribution in [0, 0.1) is 20.8 Å². The summed E-state index contributed by atoms with van der Waals surface area (Å²) in [4.78, 5) is 13.7. The van der Waals surface area contributed by atoms with Gasteiger partial charge in [0.25, 0.3) is 5.91 Å². The summed E-state index contributed by atoms with van der Waals surface area (Å²) in [6.07, 6.45) is 0. The highest BCUT2D eigenvalue weighted by Gasteiger charge is 2.22. The number of anilines is 1. The van der Waals surface area contributed by atoms with E-state index in [-0.39, 0.29) is 11.9 Å². The largest absolute Gasteiger partial charge is 0.488 e. The number of likely N-dealkylation sites (N-methyl/N-ethyl adjacent to an activating group) is 1. The second-order valence-corrected chi connectivity index (χ2v) is 7.32. The van der Waals surface area contributed by atoms with E-state index in [0.717, 1.165) is 34.0 Å². The molecule has 0 spiro atoms. The second kappa shape index (κ2) is 9.06. The van der Waals surface area contributed by atoms with Gasteiger partial charge in [-0.1, -0.05) is 29.3 Å². The number of amides is 1. The number of carbonyl (C=O) groups is 1. The molecule has 1 amide bonds. The zero-order valence-corrected chi connectivity index (χ0v) is 16.9. The first-order valence-corrected chi connectivity index (χ1v) is 9.25. The van der Waals surface area contributed by atoms with Crippen molar-refractivity contribution in [3.05, 3.63) is 58.1 Å². The van der Waals surface area contributed by atoms with Crippen LogP contribution in [0.2, 0.25) is 5.02 Å². The molecule has 0 fully saturated rings. The minimum Gasteiger partial charge on any atom is -0.488 e. The molecular formula is C21H28ClN2O2+. The Balaban J connectivity index is 1.88. The van der Waals surface area contributed by atoms with Gasteiger partial charge in [-0.25, -0.2) is 0 Å². The van der Waals surface area contributed by atoms with Crippen LogP contribution in [0.1, 0.15) is 23.6 Å². The average molecular weight is 376 g/mol. The fourth-order valence-electron chi connectivity index (χ4n) is 2.91. The highest BCUT2D eigenvalue weighted by Crippen LogP contribution is 2.21. The molecule has 0 radical (unpaired) electrons. The van der Waals surface area contributed by atoms with Crippen LogP contribution in [0.5, 0.6) is 5.75 Å². The van der Waals surface area contributed by atoms with Gasteiger partial charge in [-0.15, -0.1) is 0 Å². The van der Waals surface area contributed by atoms with Crippen LogP contribution in [0.3, 0.4) is 0 Å². The predicted molar refractivity (Wildman–Crippen MR) is 107 cm³/mol. The van der Waals surface area contributed by atoms with Crippen LogP contribution in [-0.4, -0.2) is 32.1 Å². The maximum Gasteiger partial charge on any atom is 0.282 e. The molecule has 0 aromatic heterocycles. The van der Waals surface area contributed by atoms with E-state index < -0.39 is 0 Å². The van der Waals surface area contributed by atoms with Gasteiger partial charge in [0.1, 0.15) is 18.9 Å². The fraction of sp³-hybridized carbons (Fsp3) is 0.381. The van der Waals surface area contributed by atoms with E-state index in [1.54, 1.807) is 12.1 Å². The number of carbonyl (C=O) groups excluding carboxylic acids is 1. The SMILES string of the molecule is Cc1cc(C)c(NC(=O)[C@@H](C)[NH+](C)CCOc2ccc(Cl)cc2)c(C)c1. The molecule has 0 aliphatic carbocycles. The molecule has 0 bridgehead atoms. The van der Waals surface area contributed by atoms with Crippen molar-refractivity contribution in [3.63, 3.8) is 0 Å². The van der Waals surface area contributed by atoms with Gasteiger partial charge in [-0.3, -0.25) is 4.79 Å². The van der Waals surface area contributed by atoms with E-state index in [1.807, 2.05) is 40.0 Å². The van der Waals surface area contributed by atoms with Crippen molar-refractivity contribution in [1.29, 1.82) is 0 Å². The average Bonchev–Trinajstić information content (AvgIpc) is 2.58. The number of nitrogens with one attached hydrogen (secondary N) is 2. The molecule has 2 rings (SSSR count). The molecule has 2 atom stereocenters. The van der Waals surface area contributed by atoms with E-state index in [1.165, 1.54) is 5.56 Å². The number of rotatable bonds is 7. The molecule has 0 heterocycles. The number of aryl methyl sites for hydroxylation is 3. The Bertz CT molecular complexity index is 736. The molecule has 1 unspecified atom stereocenters. The zero-order valence-electron chi connectivity index (χ0n) is 16.2. The first kappa shape index (κ1) is 20.3. The fourth-order valence-corrected chi connectivity index (χ4v) is 3.04. The quantitative estimate of drug-likeness (QED) is 0.780.